The van der Waals surface area contributed by atoms with Crippen molar-refractivity contribution in [3.63, 3.8) is 0 Å². The summed E-state index contributed by atoms with van der Waals surface area (Å²) >= 11 is 0. The number of hydrogen-bond donors (Lipinski definition) is 0. The fraction of sp³-hybridized carbons (Fsp3) is 0.520. The molecule has 1 aliphatic carbocycles. The van der Waals surface area contributed by atoms with Crippen molar-refractivity contribution in [3.8, 4) is 5.75 Å². The molecular weight excluding hydrogens is 373 g/mol. The second-order valence-electron chi connectivity index (χ2n) is 8.17. The summed E-state index contributed by atoms with van der Waals surface area (Å²) in [7, 11) is 0. The Morgan fingerprint density at radius 2 is 1.86 bits per heavy atom. The van der Waals surface area contributed by atoms with Crippen LogP contribution < -0.4 is 4.74 Å². The smallest absolute Gasteiger partial charge is 0.387 e. The Morgan fingerprint density at radius 3 is 2.52 bits per heavy atom. The van der Waals surface area contributed by atoms with Gasteiger partial charge in [0.05, 0.1) is 0 Å². The molecule has 4 heteroatoms. The zero-order chi connectivity index (χ0) is 20.8. The number of rotatable bonds is 8. The van der Waals surface area contributed by atoms with Crippen LogP contribution in [0.1, 0.15) is 82.3 Å². The molecule has 158 valence electrons. The first kappa shape index (κ1) is 21.7. The third-order valence-corrected chi connectivity index (χ3v) is 6.15. The van der Waals surface area contributed by atoms with Crippen molar-refractivity contribution in [1.29, 1.82) is 0 Å². The van der Waals surface area contributed by atoms with Gasteiger partial charge >= 0.3 is 6.61 Å². The van der Waals surface area contributed by atoms with Gasteiger partial charge in [-0.3, -0.25) is 0 Å². The predicted molar refractivity (Wildman–Crippen MR) is 114 cm³/mol. The molecule has 0 bridgehead atoms. The molecule has 29 heavy (non-hydrogen) atoms. The van der Waals surface area contributed by atoms with Crippen LogP contribution in [-0.2, 0) is 0 Å². The van der Waals surface area contributed by atoms with Gasteiger partial charge in [0.25, 0.3) is 0 Å². The van der Waals surface area contributed by atoms with E-state index >= 15 is 4.39 Å². The van der Waals surface area contributed by atoms with Crippen molar-refractivity contribution in [2.24, 2.45) is 5.92 Å². The van der Waals surface area contributed by atoms with Crippen LogP contribution in [0.2, 0.25) is 0 Å². The molecule has 0 aliphatic heterocycles. The third kappa shape index (κ3) is 5.34. The van der Waals surface area contributed by atoms with Crippen LogP contribution >= 0.6 is 0 Å². The van der Waals surface area contributed by atoms with Gasteiger partial charge in [0.2, 0.25) is 0 Å². The van der Waals surface area contributed by atoms with Gasteiger partial charge in [0.1, 0.15) is 11.6 Å². The lowest BCUT2D eigenvalue weighted by Gasteiger charge is -2.30. The summed E-state index contributed by atoms with van der Waals surface area (Å²) in [5.74, 6) is 0.201. The van der Waals surface area contributed by atoms with Crippen molar-refractivity contribution < 1.29 is 17.9 Å². The maximum absolute atomic E-state index is 15.5. The summed E-state index contributed by atoms with van der Waals surface area (Å²) in [6.45, 7) is 1.14. The number of alkyl halides is 2. The lowest BCUT2D eigenvalue weighted by atomic mass is 9.76. The highest BCUT2D eigenvalue weighted by Crippen LogP contribution is 2.44. The standard InChI is InChI=1S/C25H31F3O/c1-3-5-6-8-17-9-12-19(13-10-17)23-22(29-25(27)28)16-20-15-18(7-4-2)11-14-21(20)24(23)26/h4,7,11,14-17,19,25H,3,5-6,8-10,12-13H2,1-2H3/b7-4+. The zero-order valence-corrected chi connectivity index (χ0v) is 17.4. The number of ether oxygens (including phenoxy) is 1. The molecule has 3 rings (SSSR count). The highest BCUT2D eigenvalue weighted by Gasteiger charge is 2.29. The maximum atomic E-state index is 15.5. The summed E-state index contributed by atoms with van der Waals surface area (Å²) < 4.78 is 46.4. The van der Waals surface area contributed by atoms with E-state index in [0.717, 1.165) is 31.2 Å². The van der Waals surface area contributed by atoms with Crippen molar-refractivity contribution in [3.05, 3.63) is 47.3 Å². The van der Waals surface area contributed by atoms with E-state index in [2.05, 4.69) is 6.92 Å². The molecule has 0 unspecified atom stereocenters. The first-order valence-electron chi connectivity index (χ1n) is 10.9. The first-order valence-corrected chi connectivity index (χ1v) is 10.9. The monoisotopic (exact) mass is 404 g/mol. The number of benzene rings is 2. The van der Waals surface area contributed by atoms with Gasteiger partial charge in [-0.1, -0.05) is 56.9 Å². The topological polar surface area (TPSA) is 9.23 Å². The number of hydrogen-bond acceptors (Lipinski definition) is 1. The molecule has 0 atom stereocenters. The summed E-state index contributed by atoms with van der Waals surface area (Å²) in [6.07, 6.45) is 12.4. The molecule has 0 radical (unpaired) electrons. The minimum atomic E-state index is -2.96. The Balaban J connectivity index is 1.89. The average molecular weight is 405 g/mol. The van der Waals surface area contributed by atoms with Crippen molar-refractivity contribution >= 4 is 16.8 Å². The predicted octanol–water partition coefficient (Wildman–Crippen LogP) is 8.47. The molecule has 0 spiro atoms. The van der Waals surface area contributed by atoms with Gasteiger partial charge < -0.3 is 4.74 Å². The van der Waals surface area contributed by atoms with E-state index in [-0.39, 0.29) is 11.7 Å². The molecule has 2 aromatic carbocycles. The van der Waals surface area contributed by atoms with Crippen molar-refractivity contribution in [1.82, 2.24) is 0 Å². The highest BCUT2D eigenvalue weighted by atomic mass is 19.3. The quantitative estimate of drug-likeness (QED) is 0.401. The minimum Gasteiger partial charge on any atom is -0.434 e. The van der Waals surface area contributed by atoms with Gasteiger partial charge in [-0.15, -0.1) is 0 Å². The molecule has 0 aromatic heterocycles. The van der Waals surface area contributed by atoms with Crippen molar-refractivity contribution in [2.75, 3.05) is 0 Å². The van der Waals surface area contributed by atoms with Gasteiger partial charge in [0, 0.05) is 10.9 Å². The van der Waals surface area contributed by atoms with Gasteiger partial charge in [-0.2, -0.15) is 8.78 Å². The molecule has 2 aromatic rings. The minimum absolute atomic E-state index is 0.00272. The Bertz CT molecular complexity index is 836. The average Bonchev–Trinajstić information content (AvgIpc) is 2.69. The lowest BCUT2D eigenvalue weighted by molar-refractivity contribution is -0.0508. The summed E-state index contributed by atoms with van der Waals surface area (Å²) in [4.78, 5) is 0. The number of allylic oxidation sites excluding steroid dienone is 1. The van der Waals surface area contributed by atoms with Crippen LogP contribution in [0.5, 0.6) is 5.75 Å². The van der Waals surface area contributed by atoms with E-state index < -0.39 is 12.4 Å². The Morgan fingerprint density at radius 1 is 1.10 bits per heavy atom. The molecule has 1 saturated carbocycles. The Kier molecular flexibility index (Phi) is 7.63. The van der Waals surface area contributed by atoms with Crippen LogP contribution in [-0.4, -0.2) is 6.61 Å². The van der Waals surface area contributed by atoms with E-state index in [1.807, 2.05) is 31.2 Å². The fourth-order valence-corrected chi connectivity index (χ4v) is 4.67. The van der Waals surface area contributed by atoms with E-state index in [0.29, 0.717) is 22.3 Å². The fourth-order valence-electron chi connectivity index (χ4n) is 4.67. The van der Waals surface area contributed by atoms with Gasteiger partial charge in [0.15, 0.2) is 0 Å². The maximum Gasteiger partial charge on any atom is 0.387 e. The molecule has 0 saturated heterocycles. The second kappa shape index (κ2) is 10.2. The number of unbranched alkanes of at least 4 members (excludes halogenated alkanes) is 2. The molecule has 1 fully saturated rings. The van der Waals surface area contributed by atoms with Crippen LogP contribution in [0.4, 0.5) is 13.2 Å². The van der Waals surface area contributed by atoms with E-state index in [1.165, 1.54) is 25.7 Å². The molecule has 1 nitrogen and oxygen atoms in total. The molecule has 0 N–H and O–H groups in total. The number of fused-ring (bicyclic) bond motifs is 1. The largest absolute Gasteiger partial charge is 0.434 e. The second-order valence-corrected chi connectivity index (χ2v) is 8.17. The highest BCUT2D eigenvalue weighted by molar-refractivity contribution is 5.88. The molecule has 0 heterocycles. The lowest BCUT2D eigenvalue weighted by Crippen LogP contribution is -2.16. The van der Waals surface area contributed by atoms with Gasteiger partial charge in [-0.05, 0) is 67.5 Å². The molecule has 0 amide bonds. The third-order valence-electron chi connectivity index (χ3n) is 6.15. The van der Waals surface area contributed by atoms with Crippen LogP contribution in [0.15, 0.2) is 30.3 Å². The SMILES string of the molecule is C/C=C/c1ccc2c(F)c(C3CCC(CCCCC)CC3)c(OC(F)F)cc2c1. The van der Waals surface area contributed by atoms with E-state index in [1.54, 1.807) is 12.1 Å². The zero-order valence-electron chi connectivity index (χ0n) is 17.4. The summed E-state index contributed by atoms with van der Waals surface area (Å²) in [5.41, 5.74) is 1.24. The summed E-state index contributed by atoms with van der Waals surface area (Å²) in [5, 5.41) is 1.06. The number of halogens is 3. The Labute approximate surface area is 172 Å². The first-order chi connectivity index (χ1) is 14.0. The summed E-state index contributed by atoms with van der Waals surface area (Å²) in [6, 6.07) is 6.99. The van der Waals surface area contributed by atoms with E-state index in [4.69, 9.17) is 4.74 Å². The Hall–Kier alpha value is -1.97. The van der Waals surface area contributed by atoms with Crippen LogP contribution in [0.25, 0.3) is 16.8 Å². The molecular formula is C25H31F3O. The van der Waals surface area contributed by atoms with Crippen molar-refractivity contribution in [2.45, 2.75) is 77.7 Å². The molecule has 1 aliphatic rings. The van der Waals surface area contributed by atoms with Crippen LogP contribution in [0, 0.1) is 11.7 Å². The van der Waals surface area contributed by atoms with Crippen LogP contribution in [0.3, 0.4) is 0 Å². The normalized spacial score (nSPS) is 20.1. The van der Waals surface area contributed by atoms with Gasteiger partial charge in [-0.25, -0.2) is 4.39 Å². The van der Waals surface area contributed by atoms with E-state index in [9.17, 15) is 8.78 Å².